The Bertz CT molecular complexity index is 649. The second kappa shape index (κ2) is 6.58. The second-order valence-electron chi connectivity index (χ2n) is 5.63. The van der Waals surface area contributed by atoms with Gasteiger partial charge >= 0.3 is 0 Å². The van der Waals surface area contributed by atoms with E-state index in [1.54, 1.807) is 0 Å². The zero-order valence-corrected chi connectivity index (χ0v) is 14.8. The van der Waals surface area contributed by atoms with Gasteiger partial charge in [0.25, 0.3) is 5.91 Å². The molecule has 3 aliphatic rings. The van der Waals surface area contributed by atoms with E-state index in [-0.39, 0.29) is 17.7 Å². The van der Waals surface area contributed by atoms with E-state index >= 15 is 0 Å². The number of rotatable bonds is 2. The lowest BCUT2D eigenvalue weighted by atomic mass is 9.93. The summed E-state index contributed by atoms with van der Waals surface area (Å²) >= 11 is 8.44. The minimum Gasteiger partial charge on any atom is -0.340 e. The van der Waals surface area contributed by atoms with Crippen molar-refractivity contribution < 1.29 is 9.59 Å². The summed E-state index contributed by atoms with van der Waals surface area (Å²) < 4.78 is 1.20. The molecule has 0 bridgehead atoms. The van der Waals surface area contributed by atoms with Crippen LogP contribution in [0.5, 0.6) is 0 Å². The average molecular weight is 431 g/mol. The van der Waals surface area contributed by atoms with Crippen molar-refractivity contribution in [3.8, 4) is 0 Å². The Morgan fingerprint density at radius 1 is 1.32 bits per heavy atom. The Morgan fingerprint density at radius 3 is 2.86 bits per heavy atom. The van der Waals surface area contributed by atoms with Crippen LogP contribution in [0.2, 0.25) is 0 Å². The summed E-state index contributed by atoms with van der Waals surface area (Å²) in [5, 5.41) is 6.19. The Balaban J connectivity index is 1.77. The normalized spacial score (nSPS) is 28.3. The number of allylic oxidation sites excluding steroid dienone is 6. The van der Waals surface area contributed by atoms with Crippen molar-refractivity contribution in [2.45, 2.75) is 31.7 Å². The van der Waals surface area contributed by atoms with E-state index in [1.165, 1.54) is 3.58 Å². The molecule has 0 spiro atoms. The predicted molar refractivity (Wildman–Crippen MR) is 94.2 cm³/mol. The minimum absolute atomic E-state index is 0.168. The molecule has 3 rings (SSSR count). The van der Waals surface area contributed by atoms with Gasteiger partial charge < -0.3 is 10.6 Å². The van der Waals surface area contributed by atoms with Crippen LogP contribution in [0.4, 0.5) is 0 Å². The molecule has 0 aromatic carbocycles. The molecule has 2 atom stereocenters. The average Bonchev–Trinajstić information content (AvgIpc) is 2.59. The van der Waals surface area contributed by atoms with Gasteiger partial charge in [-0.3, -0.25) is 9.59 Å². The zero-order valence-electron chi connectivity index (χ0n) is 11.9. The first-order valence-corrected chi connectivity index (χ1v) is 8.75. The van der Waals surface area contributed by atoms with E-state index in [4.69, 9.17) is 11.6 Å². The summed E-state index contributed by atoms with van der Waals surface area (Å²) in [5.74, 6) is -0.170. The Morgan fingerprint density at radius 2 is 2.14 bits per heavy atom. The highest BCUT2D eigenvalue weighted by molar-refractivity contribution is 14.1. The van der Waals surface area contributed by atoms with Crippen molar-refractivity contribution in [1.29, 1.82) is 0 Å². The van der Waals surface area contributed by atoms with Crippen LogP contribution in [-0.2, 0) is 9.59 Å². The highest BCUT2D eigenvalue weighted by atomic mass is 127. The van der Waals surface area contributed by atoms with Gasteiger partial charge in [0, 0.05) is 8.61 Å². The molecule has 1 saturated heterocycles. The van der Waals surface area contributed by atoms with Crippen LogP contribution in [0.15, 0.2) is 44.2 Å². The number of carbonyl (C=O) groups excluding carboxylic acids is 2. The molecule has 6 heteroatoms. The van der Waals surface area contributed by atoms with Crippen molar-refractivity contribution in [2.24, 2.45) is 5.92 Å². The van der Waals surface area contributed by atoms with Crippen LogP contribution in [0.25, 0.3) is 0 Å². The fourth-order valence-electron chi connectivity index (χ4n) is 2.87. The monoisotopic (exact) mass is 430 g/mol. The highest BCUT2D eigenvalue weighted by Crippen LogP contribution is 2.29. The van der Waals surface area contributed by atoms with E-state index in [9.17, 15) is 9.59 Å². The molecule has 1 heterocycles. The lowest BCUT2D eigenvalue weighted by Gasteiger charge is -2.20. The molecule has 22 heavy (non-hydrogen) atoms. The van der Waals surface area contributed by atoms with Gasteiger partial charge in [-0.15, -0.1) is 0 Å². The van der Waals surface area contributed by atoms with Gasteiger partial charge in [0.2, 0.25) is 5.91 Å². The Labute approximate surface area is 147 Å². The standard InChI is InChI=1S/C16H16ClIN2O2/c17-11-2-1-3-12-14(11)16(22)20-13(15(21)19-12)8-9-4-6-10(18)7-5-9/h3-4,6-7,9,13H,1-2,5,8H2,(H,19,21)(H,20,22)/t9?,13-/m1/s1. The number of fused-ring (bicyclic) bond motifs is 1. The van der Waals surface area contributed by atoms with E-state index in [0.717, 1.165) is 12.8 Å². The third-order valence-corrected chi connectivity index (χ3v) is 5.22. The fourth-order valence-corrected chi connectivity index (χ4v) is 3.63. The number of nitrogens with one attached hydrogen (secondary N) is 2. The van der Waals surface area contributed by atoms with Gasteiger partial charge in [-0.1, -0.05) is 35.9 Å². The lowest BCUT2D eigenvalue weighted by Crippen LogP contribution is -2.43. The first-order valence-electron chi connectivity index (χ1n) is 7.29. The topological polar surface area (TPSA) is 58.2 Å². The van der Waals surface area contributed by atoms with Crippen LogP contribution in [0, 0.1) is 5.92 Å². The summed E-state index contributed by atoms with van der Waals surface area (Å²) in [6.45, 7) is 0. The summed E-state index contributed by atoms with van der Waals surface area (Å²) in [5.41, 5.74) is 0.965. The van der Waals surface area contributed by atoms with Crippen molar-refractivity contribution in [3.63, 3.8) is 0 Å². The first-order chi connectivity index (χ1) is 10.5. The third-order valence-electron chi connectivity index (χ3n) is 4.04. The van der Waals surface area contributed by atoms with E-state index in [2.05, 4.69) is 45.4 Å². The highest BCUT2D eigenvalue weighted by Gasteiger charge is 2.33. The number of hydrogen-bond donors (Lipinski definition) is 2. The first kappa shape index (κ1) is 15.8. The number of hydrogen-bond acceptors (Lipinski definition) is 2. The van der Waals surface area contributed by atoms with Gasteiger partial charge in [0.05, 0.1) is 11.3 Å². The lowest BCUT2D eigenvalue weighted by molar-refractivity contribution is -0.126. The predicted octanol–water partition coefficient (Wildman–Crippen LogP) is 3.06. The van der Waals surface area contributed by atoms with Gasteiger partial charge in [-0.2, -0.15) is 0 Å². The number of halogens is 2. The molecule has 1 fully saturated rings. The molecular formula is C16H16ClIN2O2. The van der Waals surface area contributed by atoms with Crippen LogP contribution < -0.4 is 10.6 Å². The third kappa shape index (κ3) is 3.30. The molecule has 0 radical (unpaired) electrons. The van der Waals surface area contributed by atoms with Gasteiger partial charge in [-0.05, 0) is 54.2 Å². The van der Waals surface area contributed by atoms with Crippen LogP contribution in [0.3, 0.4) is 0 Å². The largest absolute Gasteiger partial charge is 0.340 e. The number of amides is 2. The van der Waals surface area contributed by atoms with E-state index in [1.807, 2.05) is 12.2 Å². The van der Waals surface area contributed by atoms with Gasteiger partial charge in [0.15, 0.2) is 0 Å². The smallest absolute Gasteiger partial charge is 0.255 e. The molecule has 2 N–H and O–H groups in total. The second-order valence-corrected chi connectivity index (χ2v) is 7.33. The van der Waals surface area contributed by atoms with Crippen molar-refractivity contribution in [1.82, 2.24) is 10.6 Å². The van der Waals surface area contributed by atoms with E-state index in [0.29, 0.717) is 29.1 Å². The van der Waals surface area contributed by atoms with E-state index < -0.39 is 6.04 Å². The maximum Gasteiger partial charge on any atom is 0.255 e. The number of carbonyl (C=O) groups is 2. The quantitative estimate of drug-likeness (QED) is 0.662. The molecule has 1 aliphatic heterocycles. The molecule has 2 aliphatic carbocycles. The maximum absolute atomic E-state index is 12.4. The molecule has 0 aromatic rings. The van der Waals surface area contributed by atoms with Gasteiger partial charge in [0.1, 0.15) is 6.04 Å². The fraction of sp³-hybridized carbons (Fsp3) is 0.375. The molecule has 1 unspecified atom stereocenters. The molecule has 2 amide bonds. The maximum atomic E-state index is 12.4. The van der Waals surface area contributed by atoms with Crippen LogP contribution in [0.1, 0.15) is 25.7 Å². The summed E-state index contributed by atoms with van der Waals surface area (Å²) in [4.78, 5) is 24.8. The molecule has 4 nitrogen and oxygen atoms in total. The minimum atomic E-state index is -0.533. The molecular weight excluding hydrogens is 415 g/mol. The molecule has 116 valence electrons. The molecule has 0 saturated carbocycles. The van der Waals surface area contributed by atoms with Crippen LogP contribution >= 0.6 is 34.2 Å². The zero-order chi connectivity index (χ0) is 15.7. The Kier molecular flexibility index (Phi) is 4.73. The van der Waals surface area contributed by atoms with Crippen molar-refractivity contribution in [2.75, 3.05) is 0 Å². The summed E-state index contributed by atoms with van der Waals surface area (Å²) in [7, 11) is 0. The summed E-state index contributed by atoms with van der Waals surface area (Å²) in [6, 6.07) is -0.533. The van der Waals surface area contributed by atoms with Gasteiger partial charge in [-0.25, -0.2) is 0 Å². The van der Waals surface area contributed by atoms with Crippen LogP contribution in [-0.4, -0.2) is 17.9 Å². The van der Waals surface area contributed by atoms with Crippen molar-refractivity contribution >= 4 is 46.0 Å². The SMILES string of the molecule is O=C1N[C@H](CC2C=CC(I)=CC2)C(=O)NC2=CCCC(Cl)=C12. The summed E-state index contributed by atoms with van der Waals surface area (Å²) in [6.07, 6.45) is 11.0. The van der Waals surface area contributed by atoms with Crippen molar-refractivity contribution in [3.05, 3.63) is 44.2 Å². The Hall–Kier alpha value is -1.08. The molecule has 0 aromatic heterocycles.